The maximum atomic E-state index is 14.4. The van der Waals surface area contributed by atoms with Gasteiger partial charge in [0, 0.05) is 23.1 Å². The van der Waals surface area contributed by atoms with Gasteiger partial charge in [-0.3, -0.25) is 4.79 Å². The molecule has 0 atom stereocenters. The molecule has 2 aromatic heterocycles. The quantitative estimate of drug-likeness (QED) is 0.521. The average molecular weight is 410 g/mol. The Morgan fingerprint density at radius 3 is 2.72 bits per heavy atom. The summed E-state index contributed by atoms with van der Waals surface area (Å²) in [6, 6.07) is 13.4. The summed E-state index contributed by atoms with van der Waals surface area (Å²) >= 11 is 6.07. The Labute approximate surface area is 171 Å². The lowest BCUT2D eigenvalue weighted by molar-refractivity contribution is 0.102. The van der Waals surface area contributed by atoms with Gasteiger partial charge in [-0.15, -0.1) is 0 Å². The molecule has 0 unspecified atom stereocenters. The highest BCUT2D eigenvalue weighted by Gasteiger charge is 2.18. The average Bonchev–Trinajstić information content (AvgIpc) is 3.38. The van der Waals surface area contributed by atoms with Crippen molar-refractivity contribution in [1.82, 2.24) is 19.6 Å². The van der Waals surface area contributed by atoms with Crippen molar-refractivity contribution in [3.8, 4) is 11.4 Å². The first-order valence-electron chi connectivity index (χ1n) is 9.00. The number of nitrogens with one attached hydrogen (secondary N) is 1. The summed E-state index contributed by atoms with van der Waals surface area (Å²) in [7, 11) is 0. The first-order valence-corrected chi connectivity index (χ1v) is 9.38. The number of rotatable bonds is 5. The fourth-order valence-electron chi connectivity index (χ4n) is 3.11. The minimum atomic E-state index is -0.489. The van der Waals surface area contributed by atoms with Crippen LogP contribution in [0.2, 0.25) is 5.02 Å². The fraction of sp³-hybridized carbons (Fsp3) is 0.0952. The molecule has 0 fully saturated rings. The molecule has 0 saturated heterocycles. The molecule has 6 nitrogen and oxygen atoms in total. The molecule has 1 amide bonds. The summed E-state index contributed by atoms with van der Waals surface area (Å²) in [5, 5.41) is 11.7. The van der Waals surface area contributed by atoms with E-state index >= 15 is 0 Å². The maximum absolute atomic E-state index is 14.4. The SMILES string of the molecule is CCc1c(C(=O)Nc2ccc(-n3cccn3)c(F)c2)cnn1-c1cccc(Cl)c1. The summed E-state index contributed by atoms with van der Waals surface area (Å²) in [5.41, 5.74) is 2.57. The molecular weight excluding hydrogens is 393 g/mol. The lowest BCUT2D eigenvalue weighted by Crippen LogP contribution is -2.14. The number of amides is 1. The molecule has 2 aromatic carbocycles. The predicted molar refractivity (Wildman–Crippen MR) is 109 cm³/mol. The van der Waals surface area contributed by atoms with Crippen LogP contribution in [-0.2, 0) is 6.42 Å². The van der Waals surface area contributed by atoms with E-state index < -0.39 is 5.82 Å². The molecule has 0 radical (unpaired) electrons. The van der Waals surface area contributed by atoms with Gasteiger partial charge in [0.1, 0.15) is 5.69 Å². The first kappa shape index (κ1) is 18.9. The Balaban J connectivity index is 1.60. The maximum Gasteiger partial charge on any atom is 0.259 e. The second-order valence-corrected chi connectivity index (χ2v) is 6.76. The summed E-state index contributed by atoms with van der Waals surface area (Å²) in [4.78, 5) is 12.8. The van der Waals surface area contributed by atoms with Crippen molar-refractivity contribution in [2.75, 3.05) is 5.32 Å². The number of hydrogen-bond donors (Lipinski definition) is 1. The van der Waals surface area contributed by atoms with Crippen molar-refractivity contribution < 1.29 is 9.18 Å². The van der Waals surface area contributed by atoms with E-state index in [1.54, 1.807) is 47.4 Å². The zero-order chi connectivity index (χ0) is 20.4. The van der Waals surface area contributed by atoms with Gasteiger partial charge in [-0.05, 0) is 48.9 Å². The molecule has 146 valence electrons. The first-order chi connectivity index (χ1) is 14.1. The number of aromatic nitrogens is 4. The molecule has 0 aliphatic rings. The van der Waals surface area contributed by atoms with Crippen LogP contribution in [0.15, 0.2) is 67.1 Å². The van der Waals surface area contributed by atoms with Gasteiger partial charge in [-0.1, -0.05) is 24.6 Å². The monoisotopic (exact) mass is 409 g/mol. The number of benzene rings is 2. The molecule has 0 bridgehead atoms. The number of halogens is 2. The Kier molecular flexibility index (Phi) is 5.14. The van der Waals surface area contributed by atoms with E-state index in [-0.39, 0.29) is 5.91 Å². The van der Waals surface area contributed by atoms with Gasteiger partial charge in [-0.2, -0.15) is 10.2 Å². The zero-order valence-electron chi connectivity index (χ0n) is 15.5. The van der Waals surface area contributed by atoms with Crippen molar-refractivity contribution in [2.24, 2.45) is 0 Å². The molecule has 2 heterocycles. The number of carbonyl (C=O) groups excluding carboxylic acids is 1. The van der Waals surface area contributed by atoms with Gasteiger partial charge in [0.25, 0.3) is 5.91 Å². The topological polar surface area (TPSA) is 64.7 Å². The van der Waals surface area contributed by atoms with Crippen molar-refractivity contribution in [2.45, 2.75) is 13.3 Å². The number of hydrogen-bond acceptors (Lipinski definition) is 3. The molecule has 0 aliphatic carbocycles. The zero-order valence-corrected chi connectivity index (χ0v) is 16.3. The van der Waals surface area contributed by atoms with E-state index in [9.17, 15) is 9.18 Å². The summed E-state index contributed by atoms with van der Waals surface area (Å²) < 4.78 is 17.5. The summed E-state index contributed by atoms with van der Waals surface area (Å²) in [6.45, 7) is 1.94. The Bertz CT molecular complexity index is 1170. The molecule has 0 spiro atoms. The van der Waals surface area contributed by atoms with Gasteiger partial charge in [0.2, 0.25) is 0 Å². The number of nitrogens with zero attached hydrogens (tertiary/aromatic N) is 4. The molecule has 4 rings (SSSR count). The van der Waals surface area contributed by atoms with Crippen LogP contribution in [-0.4, -0.2) is 25.5 Å². The van der Waals surface area contributed by atoms with Crippen LogP contribution in [0.5, 0.6) is 0 Å². The highest BCUT2D eigenvalue weighted by Crippen LogP contribution is 2.22. The lowest BCUT2D eigenvalue weighted by atomic mass is 10.1. The Hall–Kier alpha value is -3.45. The minimum Gasteiger partial charge on any atom is -0.322 e. The second kappa shape index (κ2) is 7.89. The van der Waals surface area contributed by atoms with Gasteiger partial charge >= 0.3 is 0 Å². The minimum absolute atomic E-state index is 0.302. The molecule has 1 N–H and O–H groups in total. The summed E-state index contributed by atoms with van der Waals surface area (Å²) in [5.74, 6) is -0.849. The van der Waals surface area contributed by atoms with Crippen LogP contribution in [0.1, 0.15) is 23.0 Å². The van der Waals surface area contributed by atoms with Gasteiger partial charge < -0.3 is 5.32 Å². The third-order valence-electron chi connectivity index (χ3n) is 4.46. The van der Waals surface area contributed by atoms with Crippen molar-refractivity contribution in [1.29, 1.82) is 0 Å². The predicted octanol–water partition coefficient (Wildman–Crippen LogP) is 4.67. The highest BCUT2D eigenvalue weighted by atomic mass is 35.5. The van der Waals surface area contributed by atoms with Gasteiger partial charge in [-0.25, -0.2) is 13.8 Å². The number of carbonyl (C=O) groups is 1. The van der Waals surface area contributed by atoms with Crippen molar-refractivity contribution >= 4 is 23.2 Å². The van der Waals surface area contributed by atoms with Crippen LogP contribution in [0.3, 0.4) is 0 Å². The van der Waals surface area contributed by atoms with E-state index in [1.807, 2.05) is 19.1 Å². The fourth-order valence-corrected chi connectivity index (χ4v) is 3.30. The van der Waals surface area contributed by atoms with Gasteiger partial charge in [0.15, 0.2) is 5.82 Å². The third kappa shape index (κ3) is 3.77. The standard InChI is InChI=1S/C21H17ClFN5O/c1-2-19-17(13-25-28(19)16-6-3-5-14(22)11-16)21(29)26-15-7-8-20(18(23)12-15)27-10-4-9-24-27/h3-13H,2H2,1H3,(H,26,29). The largest absolute Gasteiger partial charge is 0.322 e. The van der Waals surface area contributed by atoms with Crippen LogP contribution in [0.4, 0.5) is 10.1 Å². The van der Waals surface area contributed by atoms with E-state index in [4.69, 9.17) is 11.6 Å². The highest BCUT2D eigenvalue weighted by molar-refractivity contribution is 6.30. The van der Waals surface area contributed by atoms with Crippen molar-refractivity contribution in [3.05, 3.63) is 89.2 Å². The molecular formula is C21H17ClFN5O. The normalized spacial score (nSPS) is 10.9. The van der Waals surface area contributed by atoms with Crippen LogP contribution >= 0.6 is 11.6 Å². The molecule has 0 saturated carbocycles. The summed E-state index contributed by atoms with van der Waals surface area (Å²) in [6.07, 6.45) is 5.30. The van der Waals surface area contributed by atoms with E-state index in [0.717, 1.165) is 11.4 Å². The molecule has 4 aromatic rings. The van der Waals surface area contributed by atoms with Gasteiger partial charge in [0.05, 0.1) is 23.1 Å². The third-order valence-corrected chi connectivity index (χ3v) is 4.69. The van der Waals surface area contributed by atoms with Crippen LogP contribution < -0.4 is 5.32 Å². The van der Waals surface area contributed by atoms with Crippen LogP contribution in [0, 0.1) is 5.82 Å². The van der Waals surface area contributed by atoms with E-state index in [2.05, 4.69) is 15.5 Å². The van der Waals surface area contributed by atoms with Crippen LogP contribution in [0.25, 0.3) is 11.4 Å². The smallest absolute Gasteiger partial charge is 0.259 e. The lowest BCUT2D eigenvalue weighted by Gasteiger charge is -2.10. The van der Waals surface area contributed by atoms with E-state index in [1.165, 1.54) is 16.9 Å². The molecule has 0 aliphatic heterocycles. The Morgan fingerprint density at radius 2 is 2.03 bits per heavy atom. The molecule has 8 heteroatoms. The molecule has 29 heavy (non-hydrogen) atoms. The van der Waals surface area contributed by atoms with Crippen molar-refractivity contribution in [3.63, 3.8) is 0 Å². The number of anilines is 1. The second-order valence-electron chi connectivity index (χ2n) is 6.32. The Morgan fingerprint density at radius 1 is 1.17 bits per heavy atom. The van der Waals surface area contributed by atoms with E-state index in [0.29, 0.717) is 28.4 Å².